The van der Waals surface area contributed by atoms with Crippen molar-refractivity contribution in [3.8, 4) is 28.0 Å². The molecule has 0 atom stereocenters. The average molecular weight is 724 g/mol. The van der Waals surface area contributed by atoms with E-state index in [1.54, 1.807) is 12.1 Å². The van der Waals surface area contributed by atoms with Crippen molar-refractivity contribution in [2.45, 2.75) is 136 Å². The molecule has 4 rings (SSSR count). The van der Waals surface area contributed by atoms with Gasteiger partial charge in [-0.05, 0) is 109 Å². The average Bonchev–Trinajstić information content (AvgIpc) is 3.70. The van der Waals surface area contributed by atoms with Gasteiger partial charge in [0.2, 0.25) is 0 Å². The molecule has 0 aromatic heterocycles. The third-order valence-electron chi connectivity index (χ3n) is 10.3. The molecule has 0 aliphatic carbocycles. The van der Waals surface area contributed by atoms with Crippen LogP contribution in [0.1, 0.15) is 146 Å². The number of nitrogens with zero attached hydrogens (tertiary/aromatic N) is 1. The molecular weight excluding hydrogens is 659 g/mol. The molecule has 288 valence electrons. The lowest BCUT2D eigenvalue weighted by molar-refractivity contribution is -0.144. The van der Waals surface area contributed by atoms with Crippen LogP contribution in [0.2, 0.25) is 0 Å². The summed E-state index contributed by atoms with van der Waals surface area (Å²) >= 11 is 0. The first-order chi connectivity index (χ1) is 25.7. The third kappa shape index (κ3) is 14.0. The maximum Gasteiger partial charge on any atom is 0.335 e. The van der Waals surface area contributed by atoms with Crippen LogP contribution in [0.3, 0.4) is 0 Å². The van der Waals surface area contributed by atoms with Gasteiger partial charge >= 0.3 is 11.9 Å². The number of esters is 1. The molecule has 0 unspecified atom stereocenters. The van der Waals surface area contributed by atoms with Crippen LogP contribution in [0.15, 0.2) is 72.8 Å². The lowest BCUT2D eigenvalue weighted by Gasteiger charge is -2.29. The number of hydrogen-bond acceptors (Lipinski definition) is 5. The molecule has 1 N–H and O–H groups in total. The number of benzene rings is 3. The summed E-state index contributed by atoms with van der Waals surface area (Å²) in [4.78, 5) is 26.4. The van der Waals surface area contributed by atoms with Crippen molar-refractivity contribution >= 4 is 17.6 Å². The lowest BCUT2D eigenvalue weighted by atomic mass is 9.83. The number of carboxylic acid groups (broad SMARTS) is 1. The molecule has 1 aliphatic heterocycles. The van der Waals surface area contributed by atoms with E-state index in [0.29, 0.717) is 6.42 Å². The Labute approximate surface area is 320 Å². The molecule has 0 saturated carbocycles. The Hall–Kier alpha value is -4.06. The van der Waals surface area contributed by atoms with Gasteiger partial charge in [-0.25, -0.2) is 4.79 Å². The minimum absolute atomic E-state index is 0.0581. The Bertz CT molecular complexity index is 1580. The number of unbranched alkanes of at least 4 members (excludes halogenated alkanes) is 11. The number of ether oxygens (including phenoxy) is 2. The zero-order valence-corrected chi connectivity index (χ0v) is 33.1. The van der Waals surface area contributed by atoms with Gasteiger partial charge in [0.15, 0.2) is 0 Å². The zero-order valence-electron chi connectivity index (χ0n) is 33.1. The van der Waals surface area contributed by atoms with Crippen molar-refractivity contribution in [3.05, 3.63) is 83.9 Å². The Morgan fingerprint density at radius 1 is 0.717 bits per heavy atom. The van der Waals surface area contributed by atoms with E-state index < -0.39 is 5.97 Å². The van der Waals surface area contributed by atoms with Crippen LogP contribution < -0.4 is 9.64 Å². The van der Waals surface area contributed by atoms with E-state index in [0.717, 1.165) is 66.8 Å². The summed E-state index contributed by atoms with van der Waals surface area (Å²) in [5.74, 6) is -0.390. The fraction of sp³-hybridized carbons (Fsp3) is 0.532. The van der Waals surface area contributed by atoms with E-state index in [9.17, 15) is 14.7 Å². The van der Waals surface area contributed by atoms with E-state index in [1.165, 1.54) is 81.9 Å². The van der Waals surface area contributed by atoms with Crippen molar-refractivity contribution in [2.24, 2.45) is 0 Å². The van der Waals surface area contributed by atoms with E-state index in [2.05, 4.69) is 69.0 Å². The first kappa shape index (κ1) is 41.7. The topological polar surface area (TPSA) is 76.1 Å². The van der Waals surface area contributed by atoms with Gasteiger partial charge in [-0.15, -0.1) is 0 Å². The van der Waals surface area contributed by atoms with Gasteiger partial charge in [0.05, 0.1) is 5.56 Å². The highest BCUT2D eigenvalue weighted by atomic mass is 16.6. The van der Waals surface area contributed by atoms with Crippen molar-refractivity contribution in [2.75, 3.05) is 31.2 Å². The molecule has 53 heavy (non-hydrogen) atoms. The van der Waals surface area contributed by atoms with Crippen LogP contribution >= 0.6 is 0 Å². The number of carboxylic acids is 1. The number of carbonyl (C=O) groups excluding carboxylic acids is 1. The minimum atomic E-state index is -0.942. The van der Waals surface area contributed by atoms with Crippen molar-refractivity contribution < 1.29 is 24.2 Å². The third-order valence-corrected chi connectivity index (χ3v) is 10.3. The summed E-state index contributed by atoms with van der Waals surface area (Å²) in [6, 6.07) is 19.7. The van der Waals surface area contributed by atoms with Crippen molar-refractivity contribution in [1.29, 1.82) is 0 Å². The molecule has 0 radical (unpaired) electrons. The molecule has 0 amide bonds. The summed E-state index contributed by atoms with van der Waals surface area (Å²) in [6.45, 7) is 11.7. The lowest BCUT2D eigenvalue weighted by Crippen LogP contribution is -2.23. The van der Waals surface area contributed by atoms with Gasteiger partial charge in [0.25, 0.3) is 0 Å². The number of aromatic carboxylic acids is 1. The van der Waals surface area contributed by atoms with Gasteiger partial charge in [-0.1, -0.05) is 115 Å². The van der Waals surface area contributed by atoms with Crippen LogP contribution in [0.25, 0.3) is 22.3 Å². The van der Waals surface area contributed by atoms with Gasteiger partial charge < -0.3 is 19.5 Å². The van der Waals surface area contributed by atoms with Crippen LogP contribution in [-0.4, -0.2) is 43.3 Å². The second-order valence-electron chi connectivity index (χ2n) is 15.7. The second-order valence-corrected chi connectivity index (χ2v) is 15.7. The van der Waals surface area contributed by atoms with Gasteiger partial charge in [-0.3, -0.25) is 4.79 Å². The largest absolute Gasteiger partial charge is 0.489 e. The number of anilines is 1. The fourth-order valence-corrected chi connectivity index (χ4v) is 7.12. The number of carbonyl (C=O) groups is 2. The molecule has 6 heteroatoms. The Morgan fingerprint density at radius 3 is 1.96 bits per heavy atom. The van der Waals surface area contributed by atoms with E-state index in [1.807, 2.05) is 24.3 Å². The summed E-state index contributed by atoms with van der Waals surface area (Å²) < 4.78 is 11.9. The van der Waals surface area contributed by atoms with Crippen LogP contribution in [-0.2, 0) is 14.9 Å². The predicted octanol–water partition coefficient (Wildman–Crippen LogP) is 12.6. The highest BCUT2D eigenvalue weighted by Gasteiger charge is 2.24. The summed E-state index contributed by atoms with van der Waals surface area (Å²) in [5, 5.41) is 9.39. The number of hydrogen-bond donors (Lipinski definition) is 1. The molecule has 6 nitrogen and oxygen atoms in total. The maximum atomic E-state index is 12.5. The van der Waals surface area contributed by atoms with E-state index >= 15 is 0 Å². The first-order valence-corrected chi connectivity index (χ1v) is 20.5. The smallest absolute Gasteiger partial charge is 0.335 e. The molecule has 3 aromatic rings. The van der Waals surface area contributed by atoms with Gasteiger partial charge in [-0.2, -0.15) is 0 Å². The first-order valence-electron chi connectivity index (χ1n) is 20.5. The summed E-state index contributed by atoms with van der Waals surface area (Å²) in [5.41, 5.74) is 6.68. The monoisotopic (exact) mass is 723 g/mol. The summed E-state index contributed by atoms with van der Waals surface area (Å²) in [6.07, 6.45) is 23.5. The van der Waals surface area contributed by atoms with E-state index in [-0.39, 0.29) is 30.2 Å². The molecule has 0 bridgehead atoms. The molecule has 1 aliphatic rings. The SMILES string of the molecule is CCCCCCCC/C=C\CCCCCCCC(=O)OCCOc1ccc(-c2ccc(C(=O)O)cc2)cc1-c1ccc(N2CCCC2)c(C(C)(C)C)c1. The standard InChI is InChI=1S/C47H65NO5/c1-5-6-7-8-9-10-11-12-13-14-15-16-17-18-19-22-45(49)53-34-33-52-44-30-28-39(37-23-25-38(26-24-37)46(50)51)35-41(44)40-27-29-43(48-31-20-21-32-48)42(36-40)47(2,3)4/h12-13,23-30,35-36H,5-11,14-22,31-34H2,1-4H3,(H,50,51)/b13-12-. The maximum absolute atomic E-state index is 12.5. The van der Waals surface area contributed by atoms with E-state index in [4.69, 9.17) is 9.47 Å². The number of rotatable bonds is 23. The Kier molecular flexibility index (Phi) is 17.5. The predicted molar refractivity (Wildman–Crippen MR) is 220 cm³/mol. The Morgan fingerprint density at radius 2 is 1.32 bits per heavy atom. The molecule has 0 spiro atoms. The Balaban J connectivity index is 1.28. The highest BCUT2D eigenvalue weighted by molar-refractivity contribution is 5.88. The van der Waals surface area contributed by atoms with Crippen LogP contribution in [0.4, 0.5) is 5.69 Å². The molecule has 1 fully saturated rings. The van der Waals surface area contributed by atoms with Crippen molar-refractivity contribution in [3.63, 3.8) is 0 Å². The van der Waals surface area contributed by atoms with Gasteiger partial charge in [0, 0.05) is 30.8 Å². The second kappa shape index (κ2) is 22.2. The molecule has 3 aromatic carbocycles. The molecule has 1 heterocycles. The zero-order chi connectivity index (χ0) is 37.9. The highest BCUT2D eigenvalue weighted by Crippen LogP contribution is 2.40. The molecule has 1 saturated heterocycles. The van der Waals surface area contributed by atoms with Crippen LogP contribution in [0.5, 0.6) is 5.75 Å². The quantitative estimate of drug-likeness (QED) is 0.0596. The molecular formula is C47H65NO5. The van der Waals surface area contributed by atoms with Crippen LogP contribution in [0, 0.1) is 0 Å². The summed E-state index contributed by atoms with van der Waals surface area (Å²) in [7, 11) is 0. The van der Waals surface area contributed by atoms with Crippen molar-refractivity contribution in [1.82, 2.24) is 0 Å². The fourth-order valence-electron chi connectivity index (χ4n) is 7.12. The normalized spacial score (nSPS) is 13.2. The van der Waals surface area contributed by atoms with Gasteiger partial charge in [0.1, 0.15) is 19.0 Å². The minimum Gasteiger partial charge on any atom is -0.489 e. The number of allylic oxidation sites excluding steroid dienone is 2.